The maximum Gasteiger partial charge on any atom is 0.255 e. The van der Waals surface area contributed by atoms with Gasteiger partial charge in [0, 0.05) is 32.5 Å². The lowest BCUT2D eigenvalue weighted by Crippen LogP contribution is -2.35. The van der Waals surface area contributed by atoms with E-state index < -0.39 is 0 Å². The zero-order valence-corrected chi connectivity index (χ0v) is 14.5. The Morgan fingerprint density at radius 2 is 2.21 bits per heavy atom. The van der Waals surface area contributed by atoms with Crippen LogP contribution in [0.25, 0.3) is 0 Å². The summed E-state index contributed by atoms with van der Waals surface area (Å²) in [4.78, 5) is 22.2. The Labute approximate surface area is 142 Å². The van der Waals surface area contributed by atoms with E-state index in [0.717, 1.165) is 55.2 Å². The van der Waals surface area contributed by atoms with E-state index >= 15 is 0 Å². The zero-order valence-electron chi connectivity index (χ0n) is 14.5. The van der Waals surface area contributed by atoms with E-state index in [4.69, 9.17) is 4.74 Å². The van der Waals surface area contributed by atoms with E-state index in [-0.39, 0.29) is 5.56 Å². The van der Waals surface area contributed by atoms with Crippen LogP contribution in [-0.4, -0.2) is 28.0 Å². The predicted octanol–water partition coefficient (Wildman–Crippen LogP) is 2.68. The van der Waals surface area contributed by atoms with E-state index in [2.05, 4.69) is 33.9 Å². The molecule has 1 aromatic heterocycles. The van der Waals surface area contributed by atoms with Crippen molar-refractivity contribution in [1.82, 2.24) is 14.9 Å². The number of H-pyrrole nitrogens is 1. The van der Waals surface area contributed by atoms with Crippen LogP contribution in [0.15, 0.2) is 29.1 Å². The molecule has 0 radical (unpaired) electrons. The van der Waals surface area contributed by atoms with Crippen LogP contribution in [0.1, 0.15) is 42.9 Å². The van der Waals surface area contributed by atoms with Gasteiger partial charge in [-0.05, 0) is 31.0 Å². The fourth-order valence-electron chi connectivity index (χ4n) is 3.18. The molecule has 3 rings (SSSR count). The monoisotopic (exact) mass is 327 g/mol. The van der Waals surface area contributed by atoms with Gasteiger partial charge in [0.25, 0.3) is 5.56 Å². The van der Waals surface area contributed by atoms with Gasteiger partial charge in [-0.2, -0.15) is 0 Å². The first-order valence-corrected chi connectivity index (χ1v) is 8.74. The SMILES string of the molecule is CCCc1nc2c(c(=O)[nH]1)CN(Cc1cccc(OCC)c1)CC2. The molecule has 2 aromatic rings. The molecule has 0 aliphatic carbocycles. The van der Waals surface area contributed by atoms with Crippen LogP contribution in [0.5, 0.6) is 5.75 Å². The van der Waals surface area contributed by atoms with E-state index in [1.807, 2.05) is 19.1 Å². The van der Waals surface area contributed by atoms with Crippen molar-refractivity contribution in [3.8, 4) is 5.75 Å². The highest BCUT2D eigenvalue weighted by atomic mass is 16.5. The Balaban J connectivity index is 1.73. The predicted molar refractivity (Wildman–Crippen MR) is 94.3 cm³/mol. The third-order valence-electron chi connectivity index (χ3n) is 4.30. The summed E-state index contributed by atoms with van der Waals surface area (Å²) in [5, 5.41) is 0. The summed E-state index contributed by atoms with van der Waals surface area (Å²) in [7, 11) is 0. The highest BCUT2D eigenvalue weighted by Gasteiger charge is 2.21. The minimum Gasteiger partial charge on any atom is -0.494 e. The largest absolute Gasteiger partial charge is 0.494 e. The molecule has 0 atom stereocenters. The molecule has 0 saturated carbocycles. The number of hydrogen-bond donors (Lipinski definition) is 1. The molecule has 5 heteroatoms. The molecule has 5 nitrogen and oxygen atoms in total. The number of hydrogen-bond acceptors (Lipinski definition) is 4. The molecule has 24 heavy (non-hydrogen) atoms. The van der Waals surface area contributed by atoms with E-state index in [1.54, 1.807) is 0 Å². The number of nitrogens with one attached hydrogen (secondary N) is 1. The summed E-state index contributed by atoms with van der Waals surface area (Å²) in [6.07, 6.45) is 2.65. The standard InChI is InChI=1S/C19H25N3O2/c1-3-6-18-20-17-9-10-22(13-16(17)19(23)21-18)12-14-7-5-8-15(11-14)24-4-2/h5,7-8,11H,3-4,6,9-10,12-13H2,1-2H3,(H,20,21,23). The lowest BCUT2D eigenvalue weighted by molar-refractivity contribution is 0.241. The molecule has 1 aliphatic heterocycles. The van der Waals surface area contributed by atoms with Gasteiger partial charge in [0.1, 0.15) is 11.6 Å². The molecule has 0 spiro atoms. The molecular formula is C19H25N3O2. The third-order valence-corrected chi connectivity index (χ3v) is 4.30. The van der Waals surface area contributed by atoms with E-state index in [0.29, 0.717) is 13.2 Å². The number of rotatable bonds is 6. The number of benzene rings is 1. The Morgan fingerprint density at radius 1 is 1.33 bits per heavy atom. The Hall–Kier alpha value is -2.14. The number of aromatic nitrogens is 2. The first-order valence-electron chi connectivity index (χ1n) is 8.74. The first-order chi connectivity index (χ1) is 11.7. The van der Waals surface area contributed by atoms with Crippen LogP contribution in [0.3, 0.4) is 0 Å². The first kappa shape index (κ1) is 16.7. The van der Waals surface area contributed by atoms with Crippen LogP contribution in [0.2, 0.25) is 0 Å². The van der Waals surface area contributed by atoms with Gasteiger partial charge >= 0.3 is 0 Å². The van der Waals surface area contributed by atoms with Gasteiger partial charge in [-0.15, -0.1) is 0 Å². The van der Waals surface area contributed by atoms with Crippen molar-refractivity contribution < 1.29 is 4.74 Å². The fourth-order valence-corrected chi connectivity index (χ4v) is 3.18. The lowest BCUT2D eigenvalue weighted by Gasteiger charge is -2.27. The highest BCUT2D eigenvalue weighted by Crippen LogP contribution is 2.19. The van der Waals surface area contributed by atoms with Gasteiger partial charge < -0.3 is 9.72 Å². The van der Waals surface area contributed by atoms with Crippen LogP contribution < -0.4 is 10.3 Å². The van der Waals surface area contributed by atoms with Crippen LogP contribution >= 0.6 is 0 Å². The molecule has 0 unspecified atom stereocenters. The quantitative estimate of drug-likeness (QED) is 0.886. The summed E-state index contributed by atoms with van der Waals surface area (Å²) in [5.74, 6) is 1.72. The lowest BCUT2D eigenvalue weighted by atomic mass is 10.1. The summed E-state index contributed by atoms with van der Waals surface area (Å²) in [6.45, 7) is 7.15. The summed E-state index contributed by atoms with van der Waals surface area (Å²) in [6, 6.07) is 8.17. The normalized spacial score (nSPS) is 14.4. The van der Waals surface area contributed by atoms with Gasteiger partial charge in [0.2, 0.25) is 0 Å². The van der Waals surface area contributed by atoms with E-state index in [1.165, 1.54) is 5.56 Å². The topological polar surface area (TPSA) is 58.2 Å². The molecule has 0 fully saturated rings. The summed E-state index contributed by atoms with van der Waals surface area (Å²) >= 11 is 0. The van der Waals surface area contributed by atoms with Crippen LogP contribution in [0.4, 0.5) is 0 Å². The van der Waals surface area contributed by atoms with Crippen molar-refractivity contribution in [2.75, 3.05) is 13.2 Å². The van der Waals surface area contributed by atoms with Crippen molar-refractivity contribution in [1.29, 1.82) is 0 Å². The smallest absolute Gasteiger partial charge is 0.255 e. The van der Waals surface area contributed by atoms with Crippen molar-refractivity contribution in [2.45, 2.75) is 46.2 Å². The Kier molecular flexibility index (Phi) is 5.30. The van der Waals surface area contributed by atoms with Crippen molar-refractivity contribution in [3.05, 3.63) is 57.3 Å². The zero-order chi connectivity index (χ0) is 16.9. The molecule has 0 amide bonds. The van der Waals surface area contributed by atoms with Crippen molar-refractivity contribution in [3.63, 3.8) is 0 Å². The van der Waals surface area contributed by atoms with Gasteiger partial charge in [-0.25, -0.2) is 4.98 Å². The number of nitrogens with zero attached hydrogens (tertiary/aromatic N) is 2. The number of ether oxygens (including phenoxy) is 1. The number of aromatic amines is 1. The minimum absolute atomic E-state index is 0.0243. The second kappa shape index (κ2) is 7.62. The third kappa shape index (κ3) is 3.85. The summed E-state index contributed by atoms with van der Waals surface area (Å²) in [5.41, 5.74) is 3.02. The average molecular weight is 327 g/mol. The van der Waals surface area contributed by atoms with Gasteiger partial charge in [0.15, 0.2) is 0 Å². The molecule has 1 aromatic carbocycles. The number of aryl methyl sites for hydroxylation is 1. The molecule has 0 saturated heterocycles. The molecule has 1 aliphatic rings. The maximum absolute atomic E-state index is 12.4. The molecule has 128 valence electrons. The van der Waals surface area contributed by atoms with Gasteiger partial charge in [-0.3, -0.25) is 9.69 Å². The minimum atomic E-state index is 0.0243. The second-order valence-electron chi connectivity index (χ2n) is 6.23. The molecule has 2 heterocycles. The maximum atomic E-state index is 12.4. The fraction of sp³-hybridized carbons (Fsp3) is 0.474. The molecule has 0 bridgehead atoms. The van der Waals surface area contributed by atoms with Gasteiger partial charge in [-0.1, -0.05) is 19.1 Å². The van der Waals surface area contributed by atoms with Crippen molar-refractivity contribution in [2.24, 2.45) is 0 Å². The summed E-state index contributed by atoms with van der Waals surface area (Å²) < 4.78 is 5.56. The number of fused-ring (bicyclic) bond motifs is 1. The Morgan fingerprint density at radius 3 is 3.00 bits per heavy atom. The van der Waals surface area contributed by atoms with Crippen LogP contribution in [-0.2, 0) is 25.9 Å². The van der Waals surface area contributed by atoms with Gasteiger partial charge in [0.05, 0.1) is 17.9 Å². The average Bonchev–Trinajstić information content (AvgIpc) is 2.56. The second-order valence-corrected chi connectivity index (χ2v) is 6.23. The Bertz CT molecular complexity index is 755. The van der Waals surface area contributed by atoms with Crippen LogP contribution in [0, 0.1) is 0 Å². The molecule has 1 N–H and O–H groups in total. The highest BCUT2D eigenvalue weighted by molar-refractivity contribution is 5.29. The van der Waals surface area contributed by atoms with E-state index in [9.17, 15) is 4.79 Å². The molecular weight excluding hydrogens is 302 g/mol. The van der Waals surface area contributed by atoms with Crippen molar-refractivity contribution >= 4 is 0 Å².